The van der Waals surface area contributed by atoms with E-state index in [1.807, 2.05) is 0 Å². The Morgan fingerprint density at radius 1 is 0.941 bits per heavy atom. The number of aliphatic hydroxyl groups is 2. The summed E-state index contributed by atoms with van der Waals surface area (Å²) in [5.74, 6) is -2.83. The van der Waals surface area contributed by atoms with Gasteiger partial charge in [-0.1, -0.05) is 13.8 Å². The summed E-state index contributed by atoms with van der Waals surface area (Å²) in [6.07, 6.45) is 0.352. The van der Waals surface area contributed by atoms with Crippen molar-refractivity contribution in [1.82, 2.24) is 0 Å². The van der Waals surface area contributed by atoms with Crippen molar-refractivity contribution in [2.75, 3.05) is 0 Å². The largest absolute Gasteiger partial charge is 2.00 e. The van der Waals surface area contributed by atoms with Gasteiger partial charge in [-0.3, -0.25) is 0 Å². The maximum atomic E-state index is 9.89. The van der Waals surface area contributed by atoms with Gasteiger partial charge in [0, 0.05) is 0 Å². The first-order chi connectivity index (χ1) is 7.01. The Hall–Kier alpha value is 0.120. The molecule has 6 nitrogen and oxygen atoms in total. The van der Waals surface area contributed by atoms with Gasteiger partial charge in [0.05, 0.1) is 11.9 Å². The summed E-state index contributed by atoms with van der Waals surface area (Å²) in [5, 5.41) is 37.3. The summed E-state index contributed by atoms with van der Waals surface area (Å²) < 4.78 is 0. The first kappa shape index (κ1) is 22.3. The number of hydrogen-bond acceptors (Lipinski definition) is 6. The van der Waals surface area contributed by atoms with Gasteiger partial charge in [0.2, 0.25) is 0 Å². The molecule has 2 atom stereocenters. The summed E-state index contributed by atoms with van der Waals surface area (Å²) in [4.78, 5) is 19.8. The molecule has 0 aliphatic heterocycles. The van der Waals surface area contributed by atoms with Crippen LogP contribution >= 0.6 is 0 Å². The van der Waals surface area contributed by atoms with Gasteiger partial charge in [0.15, 0.2) is 0 Å². The van der Waals surface area contributed by atoms with Crippen LogP contribution in [0.25, 0.3) is 0 Å². The molecule has 0 saturated heterocycles. The van der Waals surface area contributed by atoms with Crippen LogP contribution < -0.4 is 10.2 Å². The number of aliphatic carboxylic acids is 2. The van der Waals surface area contributed by atoms with Crippen LogP contribution in [0.5, 0.6) is 0 Å². The predicted octanol–water partition coefficient (Wildman–Crippen LogP) is -2.59. The zero-order valence-corrected chi connectivity index (χ0v) is 12.9. The third-order valence-corrected chi connectivity index (χ3v) is 2.26. The zero-order valence-electron chi connectivity index (χ0n) is 10.6. The second-order valence-electron chi connectivity index (χ2n) is 3.83. The van der Waals surface area contributed by atoms with Crippen molar-refractivity contribution in [3.63, 3.8) is 0 Å². The Labute approximate surface area is 131 Å². The van der Waals surface area contributed by atoms with Crippen LogP contribution in [0, 0.1) is 0 Å². The average Bonchev–Trinajstić information content (AvgIpc) is 2.18. The van der Waals surface area contributed by atoms with Crippen molar-refractivity contribution >= 4 is 49.7 Å². The molecular weight excluding hydrogens is 256 g/mol. The molecule has 2 N–H and O–H groups in total. The molecule has 0 fully saturated rings. The van der Waals surface area contributed by atoms with Gasteiger partial charge in [-0.15, -0.1) is 0 Å². The van der Waals surface area contributed by atoms with Crippen molar-refractivity contribution in [2.24, 2.45) is 0 Å². The summed E-state index contributed by atoms with van der Waals surface area (Å²) >= 11 is 0. The van der Waals surface area contributed by atoms with Crippen LogP contribution in [-0.4, -0.2) is 71.1 Å². The molecular formula is C10H18CaO6. The quantitative estimate of drug-likeness (QED) is 0.543. The van der Waals surface area contributed by atoms with Crippen LogP contribution in [0.2, 0.25) is 0 Å². The van der Waals surface area contributed by atoms with Crippen molar-refractivity contribution < 1.29 is 30.0 Å². The molecule has 96 valence electrons. The maximum absolute atomic E-state index is 9.89. The van der Waals surface area contributed by atoms with Crippen molar-refractivity contribution in [1.29, 1.82) is 0 Å². The molecule has 0 aliphatic rings. The summed E-state index contributed by atoms with van der Waals surface area (Å²) in [6, 6.07) is 0. The van der Waals surface area contributed by atoms with E-state index in [-0.39, 0.29) is 50.6 Å². The molecule has 17 heavy (non-hydrogen) atoms. The summed E-state index contributed by atoms with van der Waals surface area (Å²) in [5.41, 5.74) is -3.31. The molecule has 0 aromatic carbocycles. The number of carbonyl (C=O) groups excluding carboxylic acids is 2. The van der Waals surface area contributed by atoms with E-state index in [4.69, 9.17) is 10.2 Å². The SMILES string of the molecule is CCC(C)(O)C(=O)[O-].CCC(C)(O)C(=O)[O-].[Ca+2]. The van der Waals surface area contributed by atoms with Crippen LogP contribution in [0.1, 0.15) is 40.5 Å². The number of carboxylic acids is 2. The Morgan fingerprint density at radius 2 is 1.12 bits per heavy atom. The molecule has 2 unspecified atom stereocenters. The number of carbonyl (C=O) groups is 2. The van der Waals surface area contributed by atoms with E-state index in [0.717, 1.165) is 0 Å². The fourth-order valence-corrected chi connectivity index (χ4v) is 0.289. The topological polar surface area (TPSA) is 121 Å². The molecule has 0 rings (SSSR count). The predicted molar refractivity (Wildman–Crippen MR) is 57.6 cm³/mol. The molecule has 0 spiro atoms. The number of rotatable bonds is 4. The smallest absolute Gasteiger partial charge is 0.547 e. The zero-order chi connectivity index (χ0) is 13.6. The molecule has 7 heteroatoms. The molecule has 0 saturated carbocycles. The average molecular weight is 274 g/mol. The molecule has 0 amide bonds. The Kier molecular flexibility index (Phi) is 11.9. The minimum atomic E-state index is -1.65. The Morgan fingerprint density at radius 3 is 1.12 bits per heavy atom. The monoisotopic (exact) mass is 274 g/mol. The van der Waals surface area contributed by atoms with Gasteiger partial charge < -0.3 is 30.0 Å². The minimum absolute atomic E-state index is 0. The normalized spacial score (nSPS) is 16.4. The molecule has 0 bridgehead atoms. The fourth-order valence-electron chi connectivity index (χ4n) is 0.289. The molecule has 0 heterocycles. The maximum Gasteiger partial charge on any atom is 2.00 e. The molecule has 0 aromatic rings. The van der Waals surface area contributed by atoms with Gasteiger partial charge in [-0.05, 0) is 26.7 Å². The van der Waals surface area contributed by atoms with E-state index >= 15 is 0 Å². The first-order valence-electron chi connectivity index (χ1n) is 4.89. The third-order valence-electron chi connectivity index (χ3n) is 2.26. The van der Waals surface area contributed by atoms with E-state index in [9.17, 15) is 19.8 Å². The van der Waals surface area contributed by atoms with Gasteiger partial charge in [-0.25, -0.2) is 0 Å². The van der Waals surface area contributed by atoms with E-state index in [1.54, 1.807) is 13.8 Å². The summed E-state index contributed by atoms with van der Waals surface area (Å²) in [7, 11) is 0. The van der Waals surface area contributed by atoms with E-state index in [2.05, 4.69) is 0 Å². The third kappa shape index (κ3) is 9.79. The van der Waals surface area contributed by atoms with Crippen LogP contribution in [0.15, 0.2) is 0 Å². The van der Waals surface area contributed by atoms with Crippen LogP contribution in [0.4, 0.5) is 0 Å². The van der Waals surface area contributed by atoms with Crippen LogP contribution in [-0.2, 0) is 9.59 Å². The molecule has 0 aliphatic carbocycles. The number of hydrogen-bond donors (Lipinski definition) is 2. The second kappa shape index (κ2) is 9.10. The number of carboxylic acid groups (broad SMARTS) is 2. The molecule has 0 radical (unpaired) electrons. The molecule has 0 aromatic heterocycles. The minimum Gasteiger partial charge on any atom is -0.547 e. The standard InChI is InChI=1S/2C5H10O3.Ca/c2*1-3-5(2,8)4(6)7;/h2*8H,3H2,1-2H3,(H,6,7);/q;;+2/p-2. The van der Waals surface area contributed by atoms with Crippen molar-refractivity contribution in [3.05, 3.63) is 0 Å². The van der Waals surface area contributed by atoms with Gasteiger partial charge in [0.1, 0.15) is 11.2 Å². The van der Waals surface area contributed by atoms with Gasteiger partial charge in [-0.2, -0.15) is 0 Å². The van der Waals surface area contributed by atoms with E-state index < -0.39 is 23.1 Å². The van der Waals surface area contributed by atoms with Gasteiger partial charge >= 0.3 is 37.7 Å². The Bertz CT molecular complexity index is 223. The summed E-state index contributed by atoms with van der Waals surface area (Å²) in [6.45, 7) is 5.58. The Balaban J connectivity index is -0.000000218. The second-order valence-corrected chi connectivity index (χ2v) is 3.83. The van der Waals surface area contributed by atoms with Gasteiger partial charge in [0.25, 0.3) is 0 Å². The fraction of sp³-hybridized carbons (Fsp3) is 0.800. The van der Waals surface area contributed by atoms with Crippen LogP contribution in [0.3, 0.4) is 0 Å². The first-order valence-corrected chi connectivity index (χ1v) is 4.89. The van der Waals surface area contributed by atoms with E-state index in [0.29, 0.717) is 0 Å². The van der Waals surface area contributed by atoms with E-state index in [1.165, 1.54) is 13.8 Å². The van der Waals surface area contributed by atoms with Crippen molar-refractivity contribution in [2.45, 2.75) is 51.7 Å². The van der Waals surface area contributed by atoms with Crippen molar-refractivity contribution in [3.8, 4) is 0 Å².